The van der Waals surface area contributed by atoms with Crippen LogP contribution in [0.5, 0.6) is 0 Å². The van der Waals surface area contributed by atoms with Crippen molar-refractivity contribution in [3.8, 4) is 0 Å². The van der Waals surface area contributed by atoms with E-state index in [0.29, 0.717) is 61.5 Å². The monoisotopic (exact) mass is 699 g/mol. The van der Waals surface area contributed by atoms with Gasteiger partial charge in [-0.1, -0.05) is 19.9 Å². The van der Waals surface area contributed by atoms with Crippen molar-refractivity contribution in [2.24, 2.45) is 32.7 Å². The summed E-state index contributed by atoms with van der Waals surface area (Å²) in [6, 6.07) is 4.03. The van der Waals surface area contributed by atoms with Crippen LogP contribution in [0.2, 0.25) is 0 Å². The molecule has 2 aromatic heterocycles. The number of aromatic nitrogens is 3. The van der Waals surface area contributed by atoms with Gasteiger partial charge in [0.2, 0.25) is 17.8 Å². The van der Waals surface area contributed by atoms with Crippen LogP contribution in [0.3, 0.4) is 0 Å². The molecule has 0 radical (unpaired) electrons. The summed E-state index contributed by atoms with van der Waals surface area (Å²) in [6.45, 7) is 6.63. The quantitative estimate of drug-likeness (QED) is 0.154. The number of aliphatic hydroxyl groups is 2. The van der Waals surface area contributed by atoms with Gasteiger partial charge in [-0.3, -0.25) is 10.1 Å². The van der Waals surface area contributed by atoms with Gasteiger partial charge in [0.1, 0.15) is 17.2 Å². The smallest absolute Gasteiger partial charge is 0.341 e. The van der Waals surface area contributed by atoms with Crippen LogP contribution in [0.4, 0.5) is 11.8 Å². The van der Waals surface area contributed by atoms with Crippen LogP contribution in [-0.4, -0.2) is 98.8 Å². The average molecular weight is 700 g/mol. The Morgan fingerprint density at radius 1 is 1.22 bits per heavy atom. The second-order valence-electron chi connectivity index (χ2n) is 14.8. The van der Waals surface area contributed by atoms with Crippen LogP contribution >= 0.6 is 0 Å². The molecule has 2 aromatic rings. The molecule has 15 heteroatoms. The Bertz CT molecular complexity index is 1780. The zero-order chi connectivity index (χ0) is 36.0. The predicted molar refractivity (Wildman–Crippen MR) is 189 cm³/mol. The maximum absolute atomic E-state index is 13.6. The molecule has 1 spiro atoms. The third-order valence-corrected chi connectivity index (χ3v) is 11.8. The minimum atomic E-state index is -0.813. The van der Waals surface area contributed by atoms with Gasteiger partial charge in [0.15, 0.2) is 0 Å². The molecule has 0 aromatic carbocycles. The van der Waals surface area contributed by atoms with Crippen molar-refractivity contribution in [2.45, 2.75) is 76.3 Å². The molecule has 15 nitrogen and oxygen atoms in total. The summed E-state index contributed by atoms with van der Waals surface area (Å²) in [5.74, 6) is 0.224. The van der Waals surface area contributed by atoms with Crippen LogP contribution in [-0.2, 0) is 19.1 Å². The maximum Gasteiger partial charge on any atom is 0.341 e. The van der Waals surface area contributed by atoms with Gasteiger partial charge in [0.25, 0.3) is 0 Å². The highest BCUT2D eigenvalue weighted by Crippen LogP contribution is 2.66. The van der Waals surface area contributed by atoms with E-state index in [-0.39, 0.29) is 42.3 Å². The number of pyridine rings is 1. The number of guanidine groups is 1. The molecule has 5 heterocycles. The summed E-state index contributed by atoms with van der Waals surface area (Å²) >= 11 is 0. The number of allylic oxidation sites excluding steroid dienone is 1. The number of esters is 1. The lowest BCUT2D eigenvalue weighted by molar-refractivity contribution is -0.184. The highest BCUT2D eigenvalue weighted by Gasteiger charge is 2.71. The fourth-order valence-corrected chi connectivity index (χ4v) is 8.91. The van der Waals surface area contributed by atoms with E-state index in [1.165, 1.54) is 0 Å². The standard InChI is InChI=1S/C36H45N9O6/c1-20(30(48)45-33-39-10-11-40-33)43-27-15-25-34(2,8-7-28(47)35(25,3)18-46)26(36(27)19-50-36)14-24(44-29-6-4-5-9-38-29)23-13-22(51-31(23)49)12-21-16-41-32(37)42-17-21/h4-6,9-10,12-13,16-17,20,24-28,43,46-47H,7-8,11,14-15,18-19H2,1-3H3,(H,38,44)(H2,37,41,42)(H,40,45,48)/b22-12+/t20?,24?,25?,26?,27?,28-,34+,35+,36?/m1/s1. The number of ether oxygens (including phenoxy) is 2. The number of hydrogen-bond donors (Lipinski definition) is 6. The fraction of sp³-hybridized carbons (Fsp3) is 0.528. The number of fused-ring (bicyclic) bond motifs is 1. The summed E-state index contributed by atoms with van der Waals surface area (Å²) in [7, 11) is 0. The number of carbonyl (C=O) groups excluding carboxylic acids is 2. The molecule has 2 aliphatic carbocycles. The topological polar surface area (TPSA) is 222 Å². The van der Waals surface area contributed by atoms with Gasteiger partial charge >= 0.3 is 5.97 Å². The molecule has 7 N–H and O–H groups in total. The molecule has 2 saturated carbocycles. The molecule has 9 atom stereocenters. The lowest BCUT2D eigenvalue weighted by atomic mass is 9.43. The Balaban J connectivity index is 1.25. The van der Waals surface area contributed by atoms with E-state index in [1.54, 1.807) is 43.9 Å². The minimum absolute atomic E-state index is 0.139. The van der Waals surface area contributed by atoms with Crippen molar-refractivity contribution in [3.05, 3.63) is 59.8 Å². The van der Waals surface area contributed by atoms with Gasteiger partial charge in [-0.15, -0.1) is 0 Å². The van der Waals surface area contributed by atoms with E-state index in [9.17, 15) is 19.8 Å². The number of nitrogens with zero attached hydrogens (tertiary/aromatic N) is 5. The van der Waals surface area contributed by atoms with Gasteiger partial charge in [-0.25, -0.2) is 29.7 Å². The Morgan fingerprint density at radius 2 is 2.00 bits per heavy atom. The van der Waals surface area contributed by atoms with Gasteiger partial charge in [0, 0.05) is 41.8 Å². The van der Waals surface area contributed by atoms with E-state index >= 15 is 0 Å². The molecule has 5 aliphatic rings. The lowest BCUT2D eigenvalue weighted by Crippen LogP contribution is -2.68. The number of rotatable bonds is 10. The van der Waals surface area contributed by atoms with Crippen LogP contribution in [0, 0.1) is 22.7 Å². The van der Waals surface area contributed by atoms with Crippen LogP contribution in [0.15, 0.2) is 64.2 Å². The van der Waals surface area contributed by atoms with E-state index in [0.717, 1.165) is 0 Å². The number of nitrogens with two attached hydrogens (primary N) is 1. The first kappa shape index (κ1) is 34.9. The molecule has 1 saturated heterocycles. The van der Waals surface area contributed by atoms with Gasteiger partial charge in [0.05, 0.1) is 43.5 Å². The van der Waals surface area contributed by atoms with Gasteiger partial charge in [-0.2, -0.15) is 0 Å². The zero-order valence-corrected chi connectivity index (χ0v) is 29.0. The number of nitrogen functional groups attached to an aromatic ring is 1. The lowest BCUT2D eigenvalue weighted by Gasteiger charge is -2.63. The Hall–Kier alpha value is -4.57. The average Bonchev–Trinajstić information content (AvgIpc) is 3.57. The first-order valence-electron chi connectivity index (χ1n) is 17.4. The molecule has 3 fully saturated rings. The SMILES string of the molecule is CC(NC1CC2[C@](C)(CC[C@@H](O)[C@@]2(C)CO)C(CC(Nc2ccccn2)C2=C/C(=C\c3cnc(N)nc3)OC2=O)C12CO2)C(=O)NC1=NCC=N1. The predicted octanol–water partition coefficient (Wildman–Crippen LogP) is 1.62. The van der Waals surface area contributed by atoms with Gasteiger partial charge < -0.3 is 36.1 Å². The minimum Gasteiger partial charge on any atom is -0.423 e. The van der Waals surface area contributed by atoms with Crippen LogP contribution < -0.4 is 21.7 Å². The number of hydrogen-bond acceptors (Lipinski definition) is 14. The van der Waals surface area contributed by atoms with Crippen molar-refractivity contribution in [3.63, 3.8) is 0 Å². The van der Waals surface area contributed by atoms with Crippen molar-refractivity contribution >= 4 is 41.9 Å². The normalized spacial score (nSPS) is 34.4. The second-order valence-corrected chi connectivity index (χ2v) is 14.8. The largest absolute Gasteiger partial charge is 0.423 e. The summed E-state index contributed by atoms with van der Waals surface area (Å²) in [4.78, 5) is 47.8. The Morgan fingerprint density at radius 3 is 2.67 bits per heavy atom. The third-order valence-electron chi connectivity index (χ3n) is 11.8. The van der Waals surface area contributed by atoms with Gasteiger partial charge in [-0.05, 0) is 74.1 Å². The Kier molecular flexibility index (Phi) is 9.24. The van der Waals surface area contributed by atoms with Crippen LogP contribution in [0.1, 0.15) is 52.0 Å². The molecule has 0 bridgehead atoms. The number of aliphatic imine (C=N–C) groups is 2. The van der Waals surface area contributed by atoms with E-state index in [1.807, 2.05) is 25.1 Å². The highest BCUT2D eigenvalue weighted by molar-refractivity contribution is 6.04. The Labute approximate surface area is 296 Å². The van der Waals surface area contributed by atoms with Crippen molar-refractivity contribution < 1.29 is 29.3 Å². The third kappa shape index (κ3) is 6.54. The number of epoxide rings is 1. The molecule has 1 amide bonds. The summed E-state index contributed by atoms with van der Waals surface area (Å²) in [5, 5.41) is 32.1. The number of aliphatic hydroxyl groups excluding tert-OH is 2. The summed E-state index contributed by atoms with van der Waals surface area (Å²) in [6.07, 6.45) is 11.3. The van der Waals surface area contributed by atoms with E-state index in [4.69, 9.17) is 15.2 Å². The first-order valence-corrected chi connectivity index (χ1v) is 17.4. The molecule has 7 rings (SSSR count). The first-order chi connectivity index (χ1) is 24.4. The molecule has 6 unspecified atom stereocenters. The van der Waals surface area contributed by atoms with Crippen molar-refractivity contribution in [1.82, 2.24) is 25.6 Å². The zero-order valence-electron chi connectivity index (χ0n) is 29.0. The number of amides is 1. The molecular weight excluding hydrogens is 654 g/mol. The van der Waals surface area contributed by atoms with E-state index < -0.39 is 40.6 Å². The molecule has 51 heavy (non-hydrogen) atoms. The number of anilines is 2. The highest BCUT2D eigenvalue weighted by atomic mass is 16.6. The van der Waals surface area contributed by atoms with Crippen molar-refractivity contribution in [2.75, 3.05) is 30.8 Å². The summed E-state index contributed by atoms with van der Waals surface area (Å²) in [5.41, 5.74) is 4.78. The van der Waals surface area contributed by atoms with E-state index in [2.05, 4.69) is 47.8 Å². The number of cyclic esters (lactones) is 1. The molecule has 270 valence electrons. The van der Waals surface area contributed by atoms with Crippen LogP contribution in [0.25, 0.3) is 6.08 Å². The second kappa shape index (κ2) is 13.5. The number of nitrogens with one attached hydrogen (secondary N) is 3. The summed E-state index contributed by atoms with van der Waals surface area (Å²) < 4.78 is 12.2. The molecule has 3 aliphatic heterocycles. The fourth-order valence-electron chi connectivity index (χ4n) is 8.91. The van der Waals surface area contributed by atoms with Crippen molar-refractivity contribution in [1.29, 1.82) is 0 Å². The number of carbonyl (C=O) groups is 2. The molecular formula is C36H45N9O6. The maximum atomic E-state index is 13.6.